The van der Waals surface area contributed by atoms with Gasteiger partial charge in [0.2, 0.25) is 5.91 Å². The monoisotopic (exact) mass is 415 g/mol. The minimum absolute atomic E-state index is 0.329. The second-order valence-corrected chi connectivity index (χ2v) is 7.77. The molecule has 5 rings (SSSR count). The summed E-state index contributed by atoms with van der Waals surface area (Å²) in [7, 11) is 0. The number of aromatic nitrogens is 3. The highest BCUT2D eigenvalue weighted by Gasteiger charge is 2.36. The first-order valence-electron chi connectivity index (χ1n) is 10.4. The molecule has 3 amide bonds. The molecule has 1 aromatic heterocycles. The van der Waals surface area contributed by atoms with Gasteiger partial charge in [-0.25, -0.2) is 0 Å². The summed E-state index contributed by atoms with van der Waals surface area (Å²) in [6.45, 7) is 0.547. The lowest BCUT2D eigenvalue weighted by Gasteiger charge is -2.14. The van der Waals surface area contributed by atoms with E-state index in [1.54, 1.807) is 30.3 Å². The van der Waals surface area contributed by atoms with Crippen LogP contribution >= 0.6 is 0 Å². The van der Waals surface area contributed by atoms with Crippen molar-refractivity contribution >= 4 is 23.4 Å². The number of aryl methyl sites for hydroxylation is 1. The Morgan fingerprint density at radius 3 is 2.48 bits per heavy atom. The Morgan fingerprint density at radius 1 is 0.935 bits per heavy atom. The lowest BCUT2D eigenvalue weighted by atomic mass is 10.1. The summed E-state index contributed by atoms with van der Waals surface area (Å²) in [4.78, 5) is 38.5. The van der Waals surface area contributed by atoms with Gasteiger partial charge in [0.15, 0.2) is 5.82 Å². The van der Waals surface area contributed by atoms with Gasteiger partial charge in [-0.3, -0.25) is 19.3 Å². The van der Waals surface area contributed by atoms with Crippen molar-refractivity contribution in [3.05, 3.63) is 65.5 Å². The maximum Gasteiger partial charge on any atom is 0.262 e. The Morgan fingerprint density at radius 2 is 1.71 bits per heavy atom. The van der Waals surface area contributed by atoms with Crippen LogP contribution in [0.2, 0.25) is 0 Å². The molecule has 31 heavy (non-hydrogen) atoms. The number of carbonyl (C=O) groups is 3. The highest BCUT2D eigenvalue weighted by Crippen LogP contribution is 2.25. The minimum Gasteiger partial charge on any atom is -0.325 e. The Hall–Kier alpha value is -3.81. The SMILES string of the molecule is O=C(CN1C(=O)c2ccccc2C1=O)Nc1cccc(-c2nnc3n2CCCCC3)c1. The number of imide groups is 1. The van der Waals surface area contributed by atoms with E-state index in [9.17, 15) is 14.4 Å². The summed E-state index contributed by atoms with van der Waals surface area (Å²) >= 11 is 0. The van der Waals surface area contributed by atoms with Crippen LogP contribution in [0, 0.1) is 0 Å². The van der Waals surface area contributed by atoms with Gasteiger partial charge in [0.25, 0.3) is 11.8 Å². The molecule has 0 saturated carbocycles. The predicted octanol–water partition coefficient (Wildman–Crippen LogP) is 2.91. The summed E-state index contributed by atoms with van der Waals surface area (Å²) in [5.74, 6) is 0.443. The van der Waals surface area contributed by atoms with Gasteiger partial charge in [-0.1, -0.05) is 30.7 Å². The molecule has 2 aliphatic rings. The Kier molecular flexibility index (Phi) is 4.82. The van der Waals surface area contributed by atoms with E-state index in [-0.39, 0.29) is 6.54 Å². The van der Waals surface area contributed by atoms with Crippen LogP contribution in [0.4, 0.5) is 5.69 Å². The second-order valence-electron chi connectivity index (χ2n) is 7.77. The Balaban J connectivity index is 1.32. The van der Waals surface area contributed by atoms with Crippen molar-refractivity contribution in [3.8, 4) is 11.4 Å². The molecule has 2 aromatic carbocycles. The van der Waals surface area contributed by atoms with Crippen LogP contribution in [0.3, 0.4) is 0 Å². The molecule has 3 heterocycles. The van der Waals surface area contributed by atoms with Gasteiger partial charge in [-0.2, -0.15) is 0 Å². The van der Waals surface area contributed by atoms with Crippen molar-refractivity contribution in [1.29, 1.82) is 0 Å². The largest absolute Gasteiger partial charge is 0.325 e. The van der Waals surface area contributed by atoms with Crippen molar-refractivity contribution in [2.75, 3.05) is 11.9 Å². The molecule has 0 saturated heterocycles. The molecule has 1 N–H and O–H groups in total. The number of hydrogen-bond acceptors (Lipinski definition) is 5. The molecular formula is C23H21N5O3. The third-order valence-corrected chi connectivity index (χ3v) is 5.69. The smallest absolute Gasteiger partial charge is 0.262 e. The number of rotatable bonds is 4. The Bertz CT molecular complexity index is 1160. The van der Waals surface area contributed by atoms with Crippen LogP contribution in [0.5, 0.6) is 0 Å². The second kappa shape index (κ2) is 7.79. The van der Waals surface area contributed by atoms with Crippen molar-refractivity contribution < 1.29 is 14.4 Å². The molecule has 0 unspecified atom stereocenters. The molecule has 0 spiro atoms. The molecular weight excluding hydrogens is 394 g/mol. The van der Waals surface area contributed by atoms with E-state index in [0.717, 1.165) is 47.9 Å². The fourth-order valence-corrected chi connectivity index (χ4v) is 4.16. The van der Waals surface area contributed by atoms with Crippen molar-refractivity contribution in [2.24, 2.45) is 0 Å². The average Bonchev–Trinajstić information content (AvgIpc) is 3.17. The van der Waals surface area contributed by atoms with Gasteiger partial charge >= 0.3 is 0 Å². The van der Waals surface area contributed by atoms with Gasteiger partial charge in [-0.05, 0) is 37.1 Å². The summed E-state index contributed by atoms with van der Waals surface area (Å²) in [6, 6.07) is 14.0. The number of fused-ring (bicyclic) bond motifs is 2. The van der Waals surface area contributed by atoms with Gasteiger partial charge in [-0.15, -0.1) is 10.2 Å². The van der Waals surface area contributed by atoms with Crippen LogP contribution in [-0.2, 0) is 17.8 Å². The number of benzene rings is 2. The number of carbonyl (C=O) groups excluding carboxylic acids is 3. The van der Waals surface area contributed by atoms with E-state index in [1.165, 1.54) is 6.42 Å². The zero-order chi connectivity index (χ0) is 21.4. The number of hydrogen-bond donors (Lipinski definition) is 1. The predicted molar refractivity (Wildman–Crippen MR) is 113 cm³/mol. The summed E-state index contributed by atoms with van der Waals surface area (Å²) < 4.78 is 2.15. The first-order chi connectivity index (χ1) is 15.1. The number of amides is 3. The summed E-state index contributed by atoms with van der Waals surface area (Å²) in [5, 5.41) is 11.5. The van der Waals surface area contributed by atoms with E-state index in [0.29, 0.717) is 16.8 Å². The molecule has 0 aliphatic carbocycles. The Labute approximate surface area is 178 Å². The highest BCUT2D eigenvalue weighted by atomic mass is 16.2. The van der Waals surface area contributed by atoms with Crippen LogP contribution in [0.25, 0.3) is 11.4 Å². The van der Waals surface area contributed by atoms with Gasteiger partial charge < -0.3 is 9.88 Å². The molecule has 156 valence electrons. The quantitative estimate of drug-likeness (QED) is 0.661. The van der Waals surface area contributed by atoms with Crippen molar-refractivity contribution in [2.45, 2.75) is 32.2 Å². The van der Waals surface area contributed by atoms with Crippen LogP contribution in [0.15, 0.2) is 48.5 Å². The van der Waals surface area contributed by atoms with E-state index in [4.69, 9.17) is 0 Å². The van der Waals surface area contributed by atoms with E-state index < -0.39 is 17.7 Å². The maximum atomic E-state index is 12.6. The summed E-state index contributed by atoms with van der Waals surface area (Å²) in [5.41, 5.74) is 2.09. The fraction of sp³-hybridized carbons (Fsp3) is 0.261. The van der Waals surface area contributed by atoms with Crippen LogP contribution < -0.4 is 5.32 Å². The molecule has 0 atom stereocenters. The van der Waals surface area contributed by atoms with Crippen LogP contribution in [-0.4, -0.2) is 43.9 Å². The zero-order valence-electron chi connectivity index (χ0n) is 16.9. The normalized spacial score (nSPS) is 15.4. The number of nitrogens with zero attached hydrogens (tertiary/aromatic N) is 4. The minimum atomic E-state index is -0.448. The highest BCUT2D eigenvalue weighted by molar-refractivity contribution is 6.22. The van der Waals surface area contributed by atoms with Crippen molar-refractivity contribution in [3.63, 3.8) is 0 Å². The van der Waals surface area contributed by atoms with Gasteiger partial charge in [0.1, 0.15) is 12.4 Å². The molecule has 2 aliphatic heterocycles. The maximum absolute atomic E-state index is 12.6. The van der Waals surface area contributed by atoms with E-state index in [1.807, 2.05) is 18.2 Å². The van der Waals surface area contributed by atoms with Gasteiger partial charge in [0.05, 0.1) is 11.1 Å². The first-order valence-corrected chi connectivity index (χ1v) is 10.4. The standard InChI is InChI=1S/C23H21N5O3/c29-20(14-28-22(30)17-9-3-4-10-18(17)23(28)31)24-16-8-6-7-15(13-16)21-26-25-19-11-2-1-5-12-27(19)21/h3-4,6-10,13H,1-2,5,11-12,14H2,(H,24,29). The third-order valence-electron chi connectivity index (χ3n) is 5.69. The first kappa shape index (κ1) is 19.2. The lowest BCUT2D eigenvalue weighted by Crippen LogP contribution is -2.37. The number of anilines is 1. The topological polar surface area (TPSA) is 97.2 Å². The molecule has 0 fully saturated rings. The van der Waals surface area contributed by atoms with E-state index in [2.05, 4.69) is 20.1 Å². The molecule has 3 aromatic rings. The molecule has 0 radical (unpaired) electrons. The fourth-order valence-electron chi connectivity index (χ4n) is 4.16. The van der Waals surface area contributed by atoms with E-state index >= 15 is 0 Å². The van der Waals surface area contributed by atoms with Gasteiger partial charge in [0, 0.05) is 24.2 Å². The third kappa shape index (κ3) is 3.50. The molecule has 8 heteroatoms. The van der Waals surface area contributed by atoms with Crippen molar-refractivity contribution in [1.82, 2.24) is 19.7 Å². The average molecular weight is 415 g/mol. The number of nitrogens with one attached hydrogen (secondary N) is 1. The molecule has 0 bridgehead atoms. The van der Waals surface area contributed by atoms with Crippen LogP contribution in [0.1, 0.15) is 45.8 Å². The summed E-state index contributed by atoms with van der Waals surface area (Å²) in [6.07, 6.45) is 4.31. The molecule has 8 nitrogen and oxygen atoms in total. The zero-order valence-corrected chi connectivity index (χ0v) is 16.9. The lowest BCUT2D eigenvalue weighted by molar-refractivity contribution is -0.116.